The Morgan fingerprint density at radius 3 is 2.36 bits per heavy atom. The number of carbonyl (C=O) groups is 3. The first-order chi connectivity index (χ1) is 15.7. The fourth-order valence-corrected chi connectivity index (χ4v) is 5.56. The first-order valence-corrected chi connectivity index (χ1v) is 12.5. The Bertz CT molecular complexity index is 1220. The van der Waals surface area contributed by atoms with Crippen molar-refractivity contribution in [2.45, 2.75) is 49.6 Å². The summed E-state index contributed by atoms with van der Waals surface area (Å²) in [5.74, 6) is -1.10. The van der Waals surface area contributed by atoms with Gasteiger partial charge in [-0.3, -0.25) is 19.3 Å². The molecule has 0 spiro atoms. The van der Waals surface area contributed by atoms with Crippen molar-refractivity contribution in [1.82, 2.24) is 14.5 Å². The van der Waals surface area contributed by atoms with Crippen molar-refractivity contribution in [3.63, 3.8) is 0 Å². The van der Waals surface area contributed by atoms with Crippen molar-refractivity contribution < 1.29 is 22.8 Å². The van der Waals surface area contributed by atoms with Crippen molar-refractivity contribution >= 4 is 27.7 Å². The highest BCUT2D eigenvalue weighted by molar-refractivity contribution is 7.89. The highest BCUT2D eigenvalue weighted by Crippen LogP contribution is 2.31. The molecule has 0 aromatic heterocycles. The third kappa shape index (κ3) is 4.30. The van der Waals surface area contributed by atoms with Crippen LogP contribution in [0.2, 0.25) is 0 Å². The molecule has 2 aromatic carbocycles. The number of nitrogens with zero attached hydrogens (tertiary/aromatic N) is 2. The van der Waals surface area contributed by atoms with Gasteiger partial charge in [-0.05, 0) is 42.7 Å². The highest BCUT2D eigenvalue weighted by Gasteiger charge is 2.40. The van der Waals surface area contributed by atoms with Crippen LogP contribution in [0.25, 0.3) is 0 Å². The molecular weight excluding hydrogens is 442 g/mol. The van der Waals surface area contributed by atoms with E-state index in [1.54, 1.807) is 18.2 Å². The van der Waals surface area contributed by atoms with Gasteiger partial charge in [-0.1, -0.05) is 37.5 Å². The van der Waals surface area contributed by atoms with Crippen LogP contribution in [0.4, 0.5) is 0 Å². The van der Waals surface area contributed by atoms with Crippen LogP contribution in [0.3, 0.4) is 0 Å². The summed E-state index contributed by atoms with van der Waals surface area (Å²) in [6, 6.07) is 10.9. The van der Waals surface area contributed by atoms with E-state index in [4.69, 9.17) is 0 Å². The average Bonchev–Trinajstić information content (AvgIpc) is 3.07. The Balaban J connectivity index is 1.52. The lowest BCUT2D eigenvalue weighted by atomic mass is 9.94. The predicted octanol–water partition coefficient (Wildman–Crippen LogP) is 2.80. The van der Waals surface area contributed by atoms with Gasteiger partial charge >= 0.3 is 0 Å². The number of amides is 3. The standard InChI is InChI=1S/C24H27N3O5S/c1-26(2)33(31,32)21-11-7-6-8-17(21)15-25-22(28)16-12-13-19-20(14-16)24(30)27(23(19)29)18-9-4-3-5-10-18/h6-8,11-14,18H,3-5,9-10,15H2,1-2H3,(H,25,28). The van der Waals surface area contributed by atoms with Crippen molar-refractivity contribution in [1.29, 1.82) is 0 Å². The Hall–Kier alpha value is -3.04. The molecule has 1 aliphatic heterocycles. The molecule has 2 aliphatic rings. The number of carbonyl (C=O) groups excluding carboxylic acids is 3. The van der Waals surface area contributed by atoms with E-state index in [-0.39, 0.29) is 40.4 Å². The molecule has 1 saturated carbocycles. The number of sulfonamides is 1. The van der Waals surface area contributed by atoms with Crippen LogP contribution in [0.5, 0.6) is 0 Å². The average molecular weight is 470 g/mol. The fourth-order valence-electron chi connectivity index (χ4n) is 4.45. The van der Waals surface area contributed by atoms with Gasteiger partial charge in [0.05, 0.1) is 16.0 Å². The summed E-state index contributed by atoms with van der Waals surface area (Å²) in [4.78, 5) is 40.1. The van der Waals surface area contributed by atoms with E-state index in [9.17, 15) is 22.8 Å². The first-order valence-electron chi connectivity index (χ1n) is 11.0. The SMILES string of the molecule is CN(C)S(=O)(=O)c1ccccc1CNC(=O)c1ccc2c(c1)C(=O)N(C1CCCCC1)C2=O. The normalized spacial score (nSPS) is 16.9. The molecule has 3 amide bonds. The molecule has 33 heavy (non-hydrogen) atoms. The van der Waals surface area contributed by atoms with Gasteiger partial charge in [0.15, 0.2) is 0 Å². The van der Waals surface area contributed by atoms with Crippen molar-refractivity contribution in [3.8, 4) is 0 Å². The van der Waals surface area contributed by atoms with Crippen LogP contribution in [0.1, 0.15) is 68.7 Å². The van der Waals surface area contributed by atoms with E-state index in [2.05, 4.69) is 5.32 Å². The van der Waals surface area contributed by atoms with Gasteiger partial charge < -0.3 is 5.32 Å². The summed E-state index contributed by atoms with van der Waals surface area (Å²) in [7, 11) is -0.767. The molecule has 8 nitrogen and oxygen atoms in total. The number of hydrogen-bond donors (Lipinski definition) is 1. The number of benzene rings is 2. The summed E-state index contributed by atoms with van der Waals surface area (Å²) in [6.45, 7) is 0.000236. The van der Waals surface area contributed by atoms with Crippen LogP contribution < -0.4 is 5.32 Å². The van der Waals surface area contributed by atoms with E-state index in [1.165, 1.54) is 43.3 Å². The maximum Gasteiger partial charge on any atom is 0.261 e. The summed E-state index contributed by atoms with van der Waals surface area (Å²) < 4.78 is 26.2. The Morgan fingerprint density at radius 2 is 1.67 bits per heavy atom. The van der Waals surface area contributed by atoms with E-state index in [0.29, 0.717) is 11.1 Å². The van der Waals surface area contributed by atoms with Crippen LogP contribution in [0, 0.1) is 0 Å². The smallest absolute Gasteiger partial charge is 0.261 e. The minimum absolute atomic E-state index is 0.000236. The summed E-state index contributed by atoms with van der Waals surface area (Å²) >= 11 is 0. The quantitative estimate of drug-likeness (QED) is 0.655. The topological polar surface area (TPSA) is 104 Å². The zero-order chi connectivity index (χ0) is 23.8. The van der Waals surface area contributed by atoms with Crippen LogP contribution in [-0.4, -0.2) is 55.5 Å². The number of imide groups is 1. The fraction of sp³-hybridized carbons (Fsp3) is 0.375. The zero-order valence-electron chi connectivity index (χ0n) is 18.7. The molecule has 0 radical (unpaired) electrons. The van der Waals surface area contributed by atoms with Crippen LogP contribution in [0.15, 0.2) is 47.4 Å². The third-order valence-corrected chi connectivity index (χ3v) is 8.21. The van der Waals surface area contributed by atoms with E-state index in [0.717, 1.165) is 36.4 Å². The molecule has 0 saturated heterocycles. The van der Waals surface area contributed by atoms with Crippen molar-refractivity contribution in [2.24, 2.45) is 0 Å². The number of fused-ring (bicyclic) bond motifs is 1. The first kappa shape index (κ1) is 23.1. The van der Waals surface area contributed by atoms with Gasteiger partial charge in [-0.25, -0.2) is 12.7 Å². The molecular formula is C24H27N3O5S. The van der Waals surface area contributed by atoms with Gasteiger partial charge in [-0.15, -0.1) is 0 Å². The maximum absolute atomic E-state index is 13.0. The van der Waals surface area contributed by atoms with Gasteiger partial charge in [0.25, 0.3) is 17.7 Å². The lowest BCUT2D eigenvalue weighted by Gasteiger charge is -2.29. The van der Waals surface area contributed by atoms with Crippen molar-refractivity contribution in [3.05, 3.63) is 64.7 Å². The molecule has 1 heterocycles. The predicted molar refractivity (Wildman–Crippen MR) is 122 cm³/mol. The Kier molecular flexibility index (Phi) is 6.36. The molecule has 2 aromatic rings. The molecule has 1 N–H and O–H groups in total. The van der Waals surface area contributed by atoms with E-state index >= 15 is 0 Å². The summed E-state index contributed by atoms with van der Waals surface area (Å²) in [5.41, 5.74) is 1.27. The Labute approximate surface area is 193 Å². The van der Waals surface area contributed by atoms with E-state index in [1.807, 2.05) is 0 Å². The molecule has 4 rings (SSSR count). The maximum atomic E-state index is 13.0. The molecule has 1 fully saturated rings. The minimum Gasteiger partial charge on any atom is -0.348 e. The second-order valence-corrected chi connectivity index (χ2v) is 10.7. The molecule has 0 atom stereocenters. The van der Waals surface area contributed by atoms with Gasteiger partial charge in [0.1, 0.15) is 0 Å². The third-order valence-electron chi connectivity index (χ3n) is 6.29. The Morgan fingerprint density at radius 1 is 1.00 bits per heavy atom. The molecule has 1 aliphatic carbocycles. The lowest BCUT2D eigenvalue weighted by molar-refractivity contribution is 0.0548. The number of nitrogens with one attached hydrogen (secondary N) is 1. The molecule has 174 valence electrons. The van der Waals surface area contributed by atoms with Crippen LogP contribution >= 0.6 is 0 Å². The van der Waals surface area contributed by atoms with Crippen LogP contribution in [-0.2, 0) is 16.6 Å². The number of hydrogen-bond acceptors (Lipinski definition) is 5. The summed E-state index contributed by atoms with van der Waals surface area (Å²) in [5, 5.41) is 2.73. The number of rotatable bonds is 6. The van der Waals surface area contributed by atoms with Crippen molar-refractivity contribution in [2.75, 3.05) is 14.1 Å². The summed E-state index contributed by atoms with van der Waals surface area (Å²) in [6.07, 6.45) is 4.73. The molecule has 0 bridgehead atoms. The monoisotopic (exact) mass is 469 g/mol. The van der Waals surface area contributed by atoms with E-state index < -0.39 is 15.9 Å². The molecule has 0 unspecified atom stereocenters. The van der Waals surface area contributed by atoms with Gasteiger partial charge in [-0.2, -0.15) is 0 Å². The zero-order valence-corrected chi connectivity index (χ0v) is 19.5. The minimum atomic E-state index is -3.66. The van der Waals surface area contributed by atoms with Gasteiger partial charge in [0, 0.05) is 32.2 Å². The highest BCUT2D eigenvalue weighted by atomic mass is 32.2. The molecule has 9 heteroatoms. The second kappa shape index (κ2) is 9.07. The second-order valence-electron chi connectivity index (χ2n) is 8.61. The van der Waals surface area contributed by atoms with Gasteiger partial charge in [0.2, 0.25) is 10.0 Å². The largest absolute Gasteiger partial charge is 0.348 e. The lowest BCUT2D eigenvalue weighted by Crippen LogP contribution is -2.40.